The molecule has 26 heavy (non-hydrogen) atoms. The van der Waals surface area contributed by atoms with Crippen molar-refractivity contribution in [3.63, 3.8) is 0 Å². The first kappa shape index (κ1) is 18.7. The molecule has 0 atom stereocenters. The number of benzene rings is 1. The van der Waals surface area contributed by atoms with E-state index in [9.17, 15) is 23.5 Å². The summed E-state index contributed by atoms with van der Waals surface area (Å²) in [5.74, 6) is -3.14. The minimum atomic E-state index is -1.85. The molecule has 3 rings (SSSR count). The lowest BCUT2D eigenvalue weighted by molar-refractivity contribution is -0.166. The van der Waals surface area contributed by atoms with Gasteiger partial charge in [-0.15, -0.1) is 0 Å². The monoisotopic (exact) mass is 369 g/mol. The molecule has 1 aromatic carbocycles. The third kappa shape index (κ3) is 3.19. The van der Waals surface area contributed by atoms with Gasteiger partial charge in [-0.2, -0.15) is 0 Å². The fourth-order valence-corrected chi connectivity index (χ4v) is 3.79. The van der Waals surface area contributed by atoms with Crippen molar-refractivity contribution in [2.24, 2.45) is 0 Å². The zero-order chi connectivity index (χ0) is 18.9. The number of aliphatic hydroxyl groups is 1. The summed E-state index contributed by atoms with van der Waals surface area (Å²) < 4.78 is 33.1. The van der Waals surface area contributed by atoms with E-state index in [4.69, 9.17) is 9.84 Å². The highest BCUT2D eigenvalue weighted by Gasteiger charge is 2.48. The molecular weight excluding hydrogens is 348 g/mol. The van der Waals surface area contributed by atoms with Crippen molar-refractivity contribution >= 4 is 11.9 Å². The highest BCUT2D eigenvalue weighted by Crippen LogP contribution is 2.39. The average molecular weight is 369 g/mol. The number of aliphatic carboxylic acids is 1. The summed E-state index contributed by atoms with van der Waals surface area (Å²) >= 11 is 0. The molecule has 1 aromatic rings. The molecule has 142 valence electrons. The van der Waals surface area contributed by atoms with E-state index in [0.29, 0.717) is 0 Å². The van der Waals surface area contributed by atoms with E-state index < -0.39 is 28.6 Å². The quantitative estimate of drug-likeness (QED) is 0.842. The number of halogens is 2. The molecule has 0 spiro atoms. The summed E-state index contributed by atoms with van der Waals surface area (Å²) in [6, 6.07) is 3.19. The SMILES string of the molecule is O=C(O)C1(O)CCN(C(=O)C2(c3ccc(F)cc3F)CCOCC2)CC1. The molecule has 2 heterocycles. The van der Waals surface area contributed by atoms with E-state index in [1.54, 1.807) is 0 Å². The van der Waals surface area contributed by atoms with Crippen LogP contribution in [0.1, 0.15) is 31.2 Å². The molecule has 1 amide bonds. The maximum atomic E-state index is 14.5. The van der Waals surface area contributed by atoms with Crippen LogP contribution in [0.5, 0.6) is 0 Å². The van der Waals surface area contributed by atoms with Gasteiger partial charge >= 0.3 is 5.97 Å². The van der Waals surface area contributed by atoms with E-state index in [-0.39, 0.29) is 63.5 Å². The lowest BCUT2D eigenvalue weighted by Gasteiger charge is -2.43. The van der Waals surface area contributed by atoms with Crippen LogP contribution in [-0.2, 0) is 19.7 Å². The van der Waals surface area contributed by atoms with Crippen LogP contribution in [-0.4, -0.2) is 58.9 Å². The lowest BCUT2D eigenvalue weighted by Crippen LogP contribution is -2.56. The largest absolute Gasteiger partial charge is 0.479 e. The van der Waals surface area contributed by atoms with Crippen molar-refractivity contribution in [1.29, 1.82) is 0 Å². The second-order valence-corrected chi connectivity index (χ2v) is 6.95. The van der Waals surface area contributed by atoms with Crippen molar-refractivity contribution < 1.29 is 33.3 Å². The van der Waals surface area contributed by atoms with Gasteiger partial charge in [-0.1, -0.05) is 6.07 Å². The number of piperidine rings is 1. The standard InChI is InChI=1S/C18H21F2NO5/c19-12-1-2-13(14(20)11-12)17(5-9-26-10-6-17)15(22)21-7-3-18(25,4-8-21)16(23)24/h1-2,11,25H,3-10H2,(H,23,24). The number of hydrogen-bond acceptors (Lipinski definition) is 4. The Morgan fingerprint density at radius 3 is 2.23 bits per heavy atom. The van der Waals surface area contributed by atoms with Gasteiger partial charge in [0.05, 0.1) is 5.41 Å². The van der Waals surface area contributed by atoms with Crippen LogP contribution in [0.25, 0.3) is 0 Å². The molecule has 2 N–H and O–H groups in total. The van der Waals surface area contributed by atoms with Gasteiger partial charge in [0.1, 0.15) is 11.6 Å². The maximum absolute atomic E-state index is 14.5. The van der Waals surface area contributed by atoms with Gasteiger partial charge in [0.25, 0.3) is 0 Å². The predicted molar refractivity (Wildman–Crippen MR) is 86.5 cm³/mol. The molecule has 2 aliphatic heterocycles. The minimum absolute atomic E-state index is 0.0626. The fourth-order valence-electron chi connectivity index (χ4n) is 3.79. The maximum Gasteiger partial charge on any atom is 0.335 e. The zero-order valence-corrected chi connectivity index (χ0v) is 14.2. The Bertz CT molecular complexity index is 710. The molecule has 2 fully saturated rings. The van der Waals surface area contributed by atoms with Gasteiger partial charge in [0, 0.05) is 50.8 Å². The summed E-state index contributed by atoms with van der Waals surface area (Å²) in [5.41, 5.74) is -2.89. The number of carboxylic acids is 1. The van der Waals surface area contributed by atoms with Crippen LogP contribution < -0.4 is 0 Å². The number of amides is 1. The number of rotatable bonds is 3. The van der Waals surface area contributed by atoms with Crippen molar-refractivity contribution in [3.05, 3.63) is 35.4 Å². The van der Waals surface area contributed by atoms with E-state index in [1.165, 1.54) is 11.0 Å². The Hall–Kier alpha value is -2.06. The molecule has 2 saturated heterocycles. The van der Waals surface area contributed by atoms with Crippen LogP contribution in [0.2, 0.25) is 0 Å². The van der Waals surface area contributed by atoms with E-state index in [2.05, 4.69) is 0 Å². The molecule has 6 nitrogen and oxygen atoms in total. The Balaban J connectivity index is 1.89. The van der Waals surface area contributed by atoms with Crippen LogP contribution in [0.15, 0.2) is 18.2 Å². The number of carboxylic acid groups (broad SMARTS) is 1. The number of carbonyl (C=O) groups is 2. The minimum Gasteiger partial charge on any atom is -0.479 e. The molecule has 8 heteroatoms. The molecule has 0 radical (unpaired) electrons. The summed E-state index contributed by atoms with van der Waals surface area (Å²) in [4.78, 5) is 25.9. The average Bonchev–Trinajstić information content (AvgIpc) is 2.62. The third-order valence-electron chi connectivity index (χ3n) is 5.48. The second-order valence-electron chi connectivity index (χ2n) is 6.95. The summed E-state index contributed by atoms with van der Waals surface area (Å²) in [6.45, 7) is 0.672. The van der Waals surface area contributed by atoms with E-state index in [0.717, 1.165) is 12.1 Å². The van der Waals surface area contributed by atoms with Crippen LogP contribution in [0.3, 0.4) is 0 Å². The molecule has 2 aliphatic rings. The van der Waals surface area contributed by atoms with Crippen LogP contribution in [0.4, 0.5) is 8.78 Å². The second kappa shape index (κ2) is 6.92. The Kier molecular flexibility index (Phi) is 4.98. The highest BCUT2D eigenvalue weighted by molar-refractivity contribution is 5.89. The predicted octanol–water partition coefficient (Wildman–Crippen LogP) is 1.45. The Labute approximate surface area is 149 Å². The van der Waals surface area contributed by atoms with Gasteiger partial charge in [-0.05, 0) is 18.9 Å². The zero-order valence-electron chi connectivity index (χ0n) is 14.2. The first-order valence-electron chi connectivity index (χ1n) is 8.57. The third-order valence-corrected chi connectivity index (χ3v) is 5.48. The molecule has 0 aromatic heterocycles. The lowest BCUT2D eigenvalue weighted by atomic mass is 9.72. The van der Waals surface area contributed by atoms with Gasteiger partial charge in [0.15, 0.2) is 5.60 Å². The molecule has 0 unspecified atom stereocenters. The first-order chi connectivity index (χ1) is 12.3. The normalized spacial score (nSPS) is 22.0. The molecule has 0 aliphatic carbocycles. The molecular formula is C18H21F2NO5. The Morgan fingerprint density at radius 2 is 1.69 bits per heavy atom. The number of hydrogen-bond donors (Lipinski definition) is 2. The summed E-state index contributed by atoms with van der Waals surface area (Å²) in [7, 11) is 0. The van der Waals surface area contributed by atoms with E-state index >= 15 is 0 Å². The van der Waals surface area contributed by atoms with Crippen molar-refractivity contribution in [2.45, 2.75) is 36.7 Å². The van der Waals surface area contributed by atoms with Crippen molar-refractivity contribution in [2.75, 3.05) is 26.3 Å². The molecule has 0 bridgehead atoms. The number of nitrogens with zero attached hydrogens (tertiary/aromatic N) is 1. The van der Waals surface area contributed by atoms with Gasteiger partial charge in [-0.3, -0.25) is 4.79 Å². The number of carbonyl (C=O) groups excluding carboxylic acids is 1. The van der Waals surface area contributed by atoms with Crippen molar-refractivity contribution in [3.8, 4) is 0 Å². The first-order valence-corrected chi connectivity index (χ1v) is 8.57. The van der Waals surface area contributed by atoms with E-state index in [1.807, 2.05) is 0 Å². The number of ether oxygens (including phenoxy) is 1. The van der Waals surface area contributed by atoms with Gasteiger partial charge in [-0.25, -0.2) is 13.6 Å². The number of likely N-dealkylation sites (tertiary alicyclic amines) is 1. The van der Waals surface area contributed by atoms with Crippen LogP contribution in [0, 0.1) is 11.6 Å². The fraction of sp³-hybridized carbons (Fsp3) is 0.556. The summed E-state index contributed by atoms with van der Waals surface area (Å²) in [5, 5.41) is 19.2. The smallest absolute Gasteiger partial charge is 0.335 e. The highest BCUT2D eigenvalue weighted by atomic mass is 19.1. The van der Waals surface area contributed by atoms with Gasteiger partial charge < -0.3 is 19.8 Å². The van der Waals surface area contributed by atoms with Crippen molar-refractivity contribution in [1.82, 2.24) is 4.90 Å². The molecule has 0 saturated carbocycles. The summed E-state index contributed by atoms with van der Waals surface area (Å²) in [6.07, 6.45) is 0.335. The topological polar surface area (TPSA) is 87.1 Å². The van der Waals surface area contributed by atoms with Crippen LogP contribution >= 0.6 is 0 Å². The Morgan fingerprint density at radius 1 is 1.08 bits per heavy atom. The van der Waals surface area contributed by atoms with Gasteiger partial charge in [0.2, 0.25) is 5.91 Å².